The van der Waals surface area contributed by atoms with Gasteiger partial charge in [0, 0.05) is 18.4 Å². The fourth-order valence-electron chi connectivity index (χ4n) is 1.76. The van der Waals surface area contributed by atoms with E-state index in [0.717, 1.165) is 11.9 Å². The lowest BCUT2D eigenvalue weighted by atomic mass is 10.3. The van der Waals surface area contributed by atoms with E-state index in [4.69, 9.17) is 0 Å². The van der Waals surface area contributed by atoms with Gasteiger partial charge in [0.15, 0.2) is 5.16 Å². The number of pyridine rings is 1. The van der Waals surface area contributed by atoms with Crippen LogP contribution in [0.4, 0.5) is 5.69 Å². The van der Waals surface area contributed by atoms with Crippen LogP contribution in [-0.2, 0) is 6.54 Å². The van der Waals surface area contributed by atoms with Gasteiger partial charge in [0.1, 0.15) is 11.8 Å². The maximum absolute atomic E-state index is 11.7. The first-order chi connectivity index (χ1) is 8.16. The van der Waals surface area contributed by atoms with Gasteiger partial charge < -0.3 is 4.57 Å². The molecule has 86 valence electrons. The molecular weight excluding hydrogens is 244 g/mol. The van der Waals surface area contributed by atoms with Crippen molar-refractivity contribution in [1.82, 2.24) is 14.5 Å². The topological polar surface area (TPSA) is 90.9 Å². The molecule has 0 N–H and O–H groups in total. The molecule has 0 aromatic carbocycles. The van der Waals surface area contributed by atoms with Crippen molar-refractivity contribution < 1.29 is 4.92 Å². The molecule has 1 aliphatic heterocycles. The molecule has 3 heterocycles. The first-order valence-corrected chi connectivity index (χ1v) is 5.83. The number of hydrogen-bond donors (Lipinski definition) is 0. The fourth-order valence-corrected chi connectivity index (χ4v) is 2.69. The van der Waals surface area contributed by atoms with E-state index in [-0.39, 0.29) is 11.1 Å². The Kier molecular flexibility index (Phi) is 2.11. The van der Waals surface area contributed by atoms with E-state index in [1.54, 1.807) is 0 Å². The van der Waals surface area contributed by atoms with Gasteiger partial charge in [-0.05, 0) is 0 Å². The van der Waals surface area contributed by atoms with E-state index in [9.17, 15) is 14.9 Å². The minimum Gasteiger partial charge on any atom is -0.304 e. The largest absolute Gasteiger partial charge is 0.304 e. The number of thioether (sulfide) groups is 1. The lowest BCUT2D eigenvalue weighted by molar-refractivity contribution is -0.385. The van der Waals surface area contributed by atoms with Crippen molar-refractivity contribution in [1.29, 1.82) is 0 Å². The van der Waals surface area contributed by atoms with Crippen LogP contribution in [0, 0.1) is 10.1 Å². The van der Waals surface area contributed by atoms with Crippen LogP contribution in [0.3, 0.4) is 0 Å². The first-order valence-electron chi connectivity index (χ1n) is 4.84. The summed E-state index contributed by atoms with van der Waals surface area (Å²) in [7, 11) is 0. The van der Waals surface area contributed by atoms with Crippen LogP contribution >= 0.6 is 11.8 Å². The monoisotopic (exact) mass is 250 g/mol. The number of hydrogen-bond acceptors (Lipinski definition) is 6. The Morgan fingerprint density at radius 2 is 2.35 bits per heavy atom. The Bertz CT molecular complexity index is 696. The van der Waals surface area contributed by atoms with Crippen molar-refractivity contribution in [3.63, 3.8) is 0 Å². The summed E-state index contributed by atoms with van der Waals surface area (Å²) in [4.78, 5) is 29.7. The van der Waals surface area contributed by atoms with E-state index in [1.807, 2.05) is 4.57 Å². The third-order valence-corrected chi connectivity index (χ3v) is 3.48. The van der Waals surface area contributed by atoms with Gasteiger partial charge in [-0.1, -0.05) is 11.8 Å². The maximum atomic E-state index is 11.7. The smallest absolute Gasteiger partial charge is 0.288 e. The predicted octanol–water partition coefficient (Wildman–Crippen LogP) is 0.805. The quantitative estimate of drug-likeness (QED) is 0.422. The summed E-state index contributed by atoms with van der Waals surface area (Å²) >= 11 is 1.49. The number of rotatable bonds is 1. The number of aromatic nitrogens is 3. The van der Waals surface area contributed by atoms with E-state index in [2.05, 4.69) is 9.97 Å². The van der Waals surface area contributed by atoms with Crippen molar-refractivity contribution >= 4 is 28.5 Å². The Morgan fingerprint density at radius 1 is 1.53 bits per heavy atom. The van der Waals surface area contributed by atoms with Crippen molar-refractivity contribution in [3.05, 3.63) is 32.7 Å². The molecule has 8 heteroatoms. The third kappa shape index (κ3) is 1.48. The van der Waals surface area contributed by atoms with Crippen LogP contribution in [0.15, 0.2) is 22.2 Å². The molecule has 0 bridgehead atoms. The molecule has 0 fully saturated rings. The molecule has 1 aliphatic rings. The number of nitrogens with zero attached hydrogens (tertiary/aromatic N) is 4. The Balaban J connectivity index is 2.39. The molecule has 17 heavy (non-hydrogen) atoms. The zero-order chi connectivity index (χ0) is 12.0. The van der Waals surface area contributed by atoms with Crippen LogP contribution in [0.2, 0.25) is 0 Å². The molecule has 2 aromatic heterocycles. The van der Waals surface area contributed by atoms with Gasteiger partial charge in [-0.2, -0.15) is 4.98 Å². The summed E-state index contributed by atoms with van der Waals surface area (Å²) in [5, 5.41) is 11.4. The average molecular weight is 250 g/mol. The van der Waals surface area contributed by atoms with Gasteiger partial charge >= 0.3 is 0 Å². The van der Waals surface area contributed by atoms with Crippen LogP contribution in [-0.4, -0.2) is 25.2 Å². The highest BCUT2D eigenvalue weighted by Crippen LogP contribution is 2.26. The van der Waals surface area contributed by atoms with Gasteiger partial charge in [-0.25, -0.2) is 4.98 Å². The van der Waals surface area contributed by atoms with Crippen molar-refractivity contribution in [2.75, 3.05) is 5.75 Å². The van der Waals surface area contributed by atoms with Crippen LogP contribution in [0.25, 0.3) is 11.0 Å². The van der Waals surface area contributed by atoms with Gasteiger partial charge in [0.05, 0.1) is 10.3 Å². The second-order valence-corrected chi connectivity index (χ2v) is 4.58. The highest BCUT2D eigenvalue weighted by Gasteiger charge is 2.19. The van der Waals surface area contributed by atoms with Crippen molar-refractivity contribution in [2.24, 2.45) is 0 Å². The van der Waals surface area contributed by atoms with Crippen LogP contribution in [0.1, 0.15) is 0 Å². The van der Waals surface area contributed by atoms with Crippen LogP contribution < -0.4 is 5.56 Å². The zero-order valence-corrected chi connectivity index (χ0v) is 9.31. The molecule has 3 rings (SSSR count). The number of nitro groups is 1. The molecule has 2 aromatic rings. The zero-order valence-electron chi connectivity index (χ0n) is 8.49. The fraction of sp³-hybridized carbons (Fsp3) is 0.222. The molecule has 0 spiro atoms. The average Bonchev–Trinajstić information content (AvgIpc) is 2.76. The summed E-state index contributed by atoms with van der Waals surface area (Å²) in [6.07, 6.45) is 1.16. The highest BCUT2D eigenvalue weighted by molar-refractivity contribution is 7.99. The Labute approximate surface area is 98.6 Å². The molecular formula is C9H6N4O3S. The standard InChI is InChI=1S/C9H6N4O3S/c14-8-6-3-5(13(15)16)4-10-7(6)12-1-2-17-9(12)11-8/h3-4H,1-2H2. The molecule has 0 saturated carbocycles. The summed E-state index contributed by atoms with van der Waals surface area (Å²) in [6, 6.07) is 1.23. The van der Waals surface area contributed by atoms with E-state index < -0.39 is 10.5 Å². The van der Waals surface area contributed by atoms with E-state index in [1.165, 1.54) is 17.8 Å². The minimum atomic E-state index is -0.571. The van der Waals surface area contributed by atoms with Crippen molar-refractivity contribution in [2.45, 2.75) is 11.7 Å². The highest BCUT2D eigenvalue weighted by atomic mass is 32.2. The van der Waals surface area contributed by atoms with E-state index in [0.29, 0.717) is 17.3 Å². The normalized spacial score (nSPS) is 13.9. The number of fused-ring (bicyclic) bond motifs is 3. The molecule has 0 amide bonds. The third-order valence-electron chi connectivity index (χ3n) is 2.52. The second-order valence-electron chi connectivity index (χ2n) is 3.52. The van der Waals surface area contributed by atoms with Gasteiger partial charge in [-0.15, -0.1) is 0 Å². The molecule has 0 unspecified atom stereocenters. The molecule has 0 aliphatic carbocycles. The Hall–Kier alpha value is -1.96. The minimum absolute atomic E-state index is 0.192. The lowest BCUT2D eigenvalue weighted by Crippen LogP contribution is -2.14. The molecule has 0 radical (unpaired) electrons. The molecule has 0 atom stereocenters. The summed E-state index contributed by atoms with van der Waals surface area (Å²) in [6.45, 7) is 0.717. The second kappa shape index (κ2) is 3.52. The maximum Gasteiger partial charge on any atom is 0.288 e. The van der Waals surface area contributed by atoms with E-state index >= 15 is 0 Å². The first kappa shape index (κ1) is 10.2. The predicted molar refractivity (Wildman–Crippen MR) is 61.2 cm³/mol. The summed E-state index contributed by atoms with van der Waals surface area (Å²) in [5.41, 5.74) is -0.185. The molecule has 7 nitrogen and oxygen atoms in total. The Morgan fingerprint density at radius 3 is 3.12 bits per heavy atom. The van der Waals surface area contributed by atoms with Crippen LogP contribution in [0.5, 0.6) is 0 Å². The van der Waals surface area contributed by atoms with Crippen molar-refractivity contribution in [3.8, 4) is 0 Å². The lowest BCUT2D eigenvalue weighted by Gasteiger charge is -2.04. The molecule has 0 saturated heterocycles. The number of aryl methyl sites for hydroxylation is 1. The van der Waals surface area contributed by atoms with Gasteiger partial charge in [0.2, 0.25) is 0 Å². The SMILES string of the molecule is O=c1nc2n(c3ncc([N+](=O)[O-])cc13)CCS2. The summed E-state index contributed by atoms with van der Waals surface area (Å²) in [5.74, 6) is 0.838. The van der Waals surface area contributed by atoms with Gasteiger partial charge in [0.25, 0.3) is 11.2 Å². The van der Waals surface area contributed by atoms with Gasteiger partial charge in [-0.3, -0.25) is 14.9 Å². The summed E-state index contributed by atoms with van der Waals surface area (Å²) < 4.78 is 1.81.